The van der Waals surface area contributed by atoms with Crippen LogP contribution in [0, 0.1) is 6.92 Å². The van der Waals surface area contributed by atoms with Crippen molar-refractivity contribution >= 4 is 21.4 Å². The predicted molar refractivity (Wildman–Crippen MR) is 62.8 cm³/mol. The Morgan fingerprint density at radius 1 is 1.53 bits per heavy atom. The van der Waals surface area contributed by atoms with Crippen molar-refractivity contribution in [1.29, 1.82) is 0 Å². The molecule has 0 saturated carbocycles. The lowest BCUT2D eigenvalue weighted by molar-refractivity contribution is 0.126. The summed E-state index contributed by atoms with van der Waals surface area (Å²) in [5, 5.41) is 0. The third kappa shape index (κ3) is 3.21. The molecule has 0 saturated heterocycles. The first kappa shape index (κ1) is 14.5. The molecule has 1 aromatic heterocycles. The fraction of sp³-hybridized carbons (Fsp3) is 0.556. The van der Waals surface area contributed by atoms with Crippen LogP contribution in [-0.2, 0) is 16.6 Å². The maximum Gasteiger partial charge on any atom is 0.252 e. The van der Waals surface area contributed by atoms with Gasteiger partial charge in [0.2, 0.25) is 10.0 Å². The van der Waals surface area contributed by atoms with E-state index in [-0.39, 0.29) is 11.4 Å². The van der Waals surface area contributed by atoms with Crippen LogP contribution in [0.1, 0.15) is 9.75 Å². The molecule has 8 heteroatoms. The average Bonchev–Trinajstić information content (AvgIpc) is 2.59. The molecule has 1 rings (SSSR count). The normalized spacial score (nSPS) is 12.6. The van der Waals surface area contributed by atoms with Crippen molar-refractivity contribution in [3.63, 3.8) is 0 Å². The zero-order valence-corrected chi connectivity index (χ0v) is 11.1. The second-order valence-corrected chi connectivity index (χ2v) is 6.87. The van der Waals surface area contributed by atoms with E-state index in [1.54, 1.807) is 6.92 Å². The van der Waals surface area contributed by atoms with E-state index >= 15 is 0 Å². The van der Waals surface area contributed by atoms with Gasteiger partial charge in [0.1, 0.15) is 0 Å². The van der Waals surface area contributed by atoms with Crippen LogP contribution >= 0.6 is 11.3 Å². The number of nitrogens with zero attached hydrogens (tertiary/aromatic N) is 1. The van der Waals surface area contributed by atoms with E-state index in [0.29, 0.717) is 14.1 Å². The number of aryl methyl sites for hydroxylation is 1. The SMILES string of the molecule is Cc1sc(CN)cc1S(=O)(=O)N(C)CC(F)F. The van der Waals surface area contributed by atoms with Crippen molar-refractivity contribution < 1.29 is 17.2 Å². The first-order valence-corrected chi connectivity index (χ1v) is 7.08. The highest BCUT2D eigenvalue weighted by Gasteiger charge is 2.26. The molecule has 4 nitrogen and oxygen atoms in total. The Morgan fingerprint density at radius 2 is 2.12 bits per heavy atom. The van der Waals surface area contributed by atoms with Crippen LogP contribution in [0.25, 0.3) is 0 Å². The first-order chi connectivity index (χ1) is 7.78. The van der Waals surface area contributed by atoms with Crippen molar-refractivity contribution in [1.82, 2.24) is 4.31 Å². The molecule has 0 spiro atoms. The molecule has 0 aliphatic heterocycles. The molecule has 98 valence electrons. The number of hydrogen-bond acceptors (Lipinski definition) is 4. The molecule has 0 amide bonds. The molecule has 1 heterocycles. The molecule has 0 aromatic carbocycles. The standard InChI is InChI=1S/C9H14F2N2O2S2/c1-6-8(3-7(4-12)16-6)17(14,15)13(2)5-9(10)11/h3,9H,4-5,12H2,1-2H3. The smallest absolute Gasteiger partial charge is 0.252 e. The van der Waals surface area contributed by atoms with Crippen LogP contribution in [0.2, 0.25) is 0 Å². The molecule has 2 N–H and O–H groups in total. The minimum atomic E-state index is -3.85. The lowest BCUT2D eigenvalue weighted by atomic mass is 10.4. The van der Waals surface area contributed by atoms with Gasteiger partial charge in [-0.15, -0.1) is 11.3 Å². The number of sulfonamides is 1. The zero-order chi connectivity index (χ0) is 13.2. The van der Waals surface area contributed by atoms with Crippen molar-refractivity contribution in [2.45, 2.75) is 24.8 Å². The van der Waals surface area contributed by atoms with Crippen molar-refractivity contribution in [3.8, 4) is 0 Å². The van der Waals surface area contributed by atoms with Crippen LogP contribution in [-0.4, -0.2) is 32.7 Å². The number of alkyl halides is 2. The molecule has 0 atom stereocenters. The Bertz CT molecular complexity index is 485. The van der Waals surface area contributed by atoms with E-state index < -0.39 is 23.0 Å². The van der Waals surface area contributed by atoms with Crippen LogP contribution < -0.4 is 5.73 Å². The first-order valence-electron chi connectivity index (χ1n) is 4.83. The highest BCUT2D eigenvalue weighted by molar-refractivity contribution is 7.89. The highest BCUT2D eigenvalue weighted by Crippen LogP contribution is 2.27. The summed E-state index contributed by atoms with van der Waals surface area (Å²) >= 11 is 1.26. The highest BCUT2D eigenvalue weighted by atomic mass is 32.2. The van der Waals surface area contributed by atoms with E-state index in [1.165, 1.54) is 17.4 Å². The minimum absolute atomic E-state index is 0.0612. The quantitative estimate of drug-likeness (QED) is 0.889. The molecule has 17 heavy (non-hydrogen) atoms. The molecule has 0 radical (unpaired) electrons. The molecular weight excluding hydrogens is 270 g/mol. The molecule has 0 unspecified atom stereocenters. The fourth-order valence-corrected chi connectivity index (χ4v) is 3.97. The lowest BCUT2D eigenvalue weighted by Gasteiger charge is -2.16. The summed E-state index contributed by atoms with van der Waals surface area (Å²) in [7, 11) is -2.71. The van der Waals surface area contributed by atoms with Gasteiger partial charge in [-0.3, -0.25) is 0 Å². The van der Waals surface area contributed by atoms with Gasteiger partial charge in [0.25, 0.3) is 6.43 Å². The Kier molecular flexibility index (Phi) is 4.59. The van der Waals surface area contributed by atoms with Crippen LogP contribution in [0.15, 0.2) is 11.0 Å². The lowest BCUT2D eigenvalue weighted by Crippen LogP contribution is -2.31. The molecule has 0 fully saturated rings. The Hall–Kier alpha value is -0.570. The van der Waals surface area contributed by atoms with E-state index in [9.17, 15) is 17.2 Å². The van der Waals surface area contributed by atoms with Crippen molar-refractivity contribution in [2.75, 3.05) is 13.6 Å². The third-order valence-electron chi connectivity index (χ3n) is 2.21. The predicted octanol–water partition coefficient (Wildman–Crippen LogP) is 1.40. The summed E-state index contributed by atoms with van der Waals surface area (Å²) in [4.78, 5) is 1.34. The molecule has 0 aliphatic carbocycles. The van der Waals surface area contributed by atoms with Crippen LogP contribution in [0.5, 0.6) is 0 Å². The number of rotatable bonds is 5. The number of nitrogens with two attached hydrogens (primary N) is 1. The van der Waals surface area contributed by atoms with E-state index in [2.05, 4.69) is 0 Å². The average molecular weight is 284 g/mol. The second kappa shape index (κ2) is 5.38. The number of thiophene rings is 1. The second-order valence-electron chi connectivity index (χ2n) is 3.51. The van der Waals surface area contributed by atoms with Gasteiger partial charge in [0.05, 0.1) is 11.4 Å². The maximum atomic E-state index is 12.2. The fourth-order valence-electron chi connectivity index (χ4n) is 1.34. The summed E-state index contributed by atoms with van der Waals surface area (Å²) in [6.07, 6.45) is -2.69. The Balaban J connectivity index is 3.08. The van der Waals surface area contributed by atoms with E-state index in [1.807, 2.05) is 0 Å². The van der Waals surface area contributed by atoms with Gasteiger partial charge < -0.3 is 5.73 Å². The summed E-state index contributed by atoms with van der Waals surface area (Å²) in [5.74, 6) is 0. The van der Waals surface area contributed by atoms with Gasteiger partial charge in [-0.05, 0) is 13.0 Å². The van der Waals surface area contributed by atoms with Gasteiger partial charge >= 0.3 is 0 Å². The number of halogens is 2. The summed E-state index contributed by atoms with van der Waals surface area (Å²) in [6.45, 7) is 1.06. The minimum Gasteiger partial charge on any atom is -0.326 e. The van der Waals surface area contributed by atoms with Crippen molar-refractivity contribution in [3.05, 3.63) is 15.8 Å². The summed E-state index contributed by atoms with van der Waals surface area (Å²) < 4.78 is 49.0. The van der Waals surface area contributed by atoms with Gasteiger partial charge in [-0.25, -0.2) is 17.2 Å². The van der Waals surface area contributed by atoms with Gasteiger partial charge in [0, 0.05) is 23.3 Å². The maximum absolute atomic E-state index is 12.2. The Morgan fingerprint density at radius 3 is 2.53 bits per heavy atom. The summed E-state index contributed by atoms with van der Waals surface area (Å²) in [6, 6.07) is 1.44. The van der Waals surface area contributed by atoms with Crippen LogP contribution in [0.4, 0.5) is 8.78 Å². The van der Waals surface area contributed by atoms with Crippen LogP contribution in [0.3, 0.4) is 0 Å². The molecular formula is C9H14F2N2O2S2. The van der Waals surface area contributed by atoms with Crippen molar-refractivity contribution in [2.24, 2.45) is 5.73 Å². The third-order valence-corrected chi connectivity index (χ3v) is 5.36. The largest absolute Gasteiger partial charge is 0.326 e. The molecule has 0 bridgehead atoms. The van der Waals surface area contributed by atoms with Gasteiger partial charge in [-0.1, -0.05) is 0 Å². The molecule has 0 aliphatic rings. The van der Waals surface area contributed by atoms with Gasteiger partial charge in [0.15, 0.2) is 0 Å². The topological polar surface area (TPSA) is 63.4 Å². The van der Waals surface area contributed by atoms with E-state index in [0.717, 1.165) is 7.05 Å². The summed E-state index contributed by atoms with van der Waals surface area (Å²) in [5.41, 5.74) is 5.41. The van der Waals surface area contributed by atoms with Gasteiger partial charge in [-0.2, -0.15) is 4.31 Å². The Labute approximate surface area is 103 Å². The monoisotopic (exact) mass is 284 g/mol. The van der Waals surface area contributed by atoms with E-state index in [4.69, 9.17) is 5.73 Å². The zero-order valence-electron chi connectivity index (χ0n) is 9.48. The number of hydrogen-bond donors (Lipinski definition) is 1. The molecule has 1 aromatic rings.